The average Bonchev–Trinajstić information content (AvgIpc) is 2.04. The molecule has 0 saturated carbocycles. The fraction of sp³-hybridized carbons (Fsp3) is 0.750. The predicted octanol–water partition coefficient (Wildman–Crippen LogP) is 0.586. The van der Waals surface area contributed by atoms with Gasteiger partial charge in [0.05, 0.1) is 6.04 Å². The first kappa shape index (κ1) is 8.24. The van der Waals surface area contributed by atoms with Gasteiger partial charge in [-0.15, -0.1) is 0 Å². The maximum Gasteiger partial charge on any atom is 0.223 e. The van der Waals surface area contributed by atoms with E-state index < -0.39 is 0 Å². The molecule has 1 aliphatic heterocycles. The molecule has 1 saturated heterocycles. The molecule has 0 aromatic carbocycles. The summed E-state index contributed by atoms with van der Waals surface area (Å²) < 4.78 is 0. The van der Waals surface area contributed by atoms with Crippen LogP contribution in [0, 0.1) is 0 Å². The molecular weight excluding hydrogens is 142 g/mol. The van der Waals surface area contributed by atoms with E-state index >= 15 is 0 Å². The highest BCUT2D eigenvalue weighted by molar-refractivity contribution is 5.80. The van der Waals surface area contributed by atoms with Gasteiger partial charge in [0.2, 0.25) is 5.91 Å². The Hall–Kier alpha value is -0.860. The first-order valence-corrected chi connectivity index (χ1v) is 4.00. The molecule has 0 aromatic rings. The van der Waals surface area contributed by atoms with E-state index in [1.165, 1.54) is 0 Å². The first-order valence-electron chi connectivity index (χ1n) is 4.00. The highest BCUT2D eigenvalue weighted by atomic mass is 16.2. The molecule has 0 spiro atoms. The summed E-state index contributed by atoms with van der Waals surface area (Å²) in [6, 6.07) is -0.234. The second-order valence-corrected chi connectivity index (χ2v) is 2.92. The van der Waals surface area contributed by atoms with Crippen LogP contribution in [0.2, 0.25) is 0 Å². The Kier molecular flexibility index (Phi) is 2.63. The van der Waals surface area contributed by atoms with Crippen LogP contribution in [-0.2, 0) is 9.59 Å². The van der Waals surface area contributed by atoms with Crippen LogP contribution in [0.3, 0.4) is 0 Å². The van der Waals surface area contributed by atoms with Crippen molar-refractivity contribution in [3.05, 3.63) is 0 Å². The SMILES string of the molecule is CC(C=O)N1CCCCC1=O. The van der Waals surface area contributed by atoms with Crippen LogP contribution >= 0.6 is 0 Å². The Morgan fingerprint density at radius 2 is 2.27 bits per heavy atom. The Morgan fingerprint density at radius 1 is 1.55 bits per heavy atom. The third kappa shape index (κ3) is 1.79. The zero-order valence-corrected chi connectivity index (χ0v) is 6.75. The fourth-order valence-corrected chi connectivity index (χ4v) is 1.33. The van der Waals surface area contributed by atoms with Crippen molar-refractivity contribution >= 4 is 12.2 Å². The van der Waals surface area contributed by atoms with Crippen molar-refractivity contribution in [1.82, 2.24) is 4.90 Å². The van der Waals surface area contributed by atoms with Crippen LogP contribution in [0.5, 0.6) is 0 Å². The number of aldehydes is 1. The maximum absolute atomic E-state index is 11.2. The summed E-state index contributed by atoms with van der Waals surface area (Å²) in [7, 11) is 0. The summed E-state index contributed by atoms with van der Waals surface area (Å²) in [5.74, 6) is 0.121. The third-order valence-electron chi connectivity index (χ3n) is 2.05. The molecule has 1 unspecified atom stereocenters. The highest BCUT2D eigenvalue weighted by Crippen LogP contribution is 2.12. The van der Waals surface area contributed by atoms with Gasteiger partial charge in [-0.2, -0.15) is 0 Å². The van der Waals surface area contributed by atoms with Gasteiger partial charge in [0.15, 0.2) is 0 Å². The van der Waals surface area contributed by atoms with Gasteiger partial charge in [0, 0.05) is 13.0 Å². The summed E-state index contributed by atoms with van der Waals surface area (Å²) in [5.41, 5.74) is 0. The van der Waals surface area contributed by atoms with E-state index in [4.69, 9.17) is 0 Å². The van der Waals surface area contributed by atoms with Crippen molar-refractivity contribution in [3.63, 3.8) is 0 Å². The summed E-state index contributed by atoms with van der Waals surface area (Å²) in [5, 5.41) is 0. The predicted molar refractivity (Wildman–Crippen MR) is 41.1 cm³/mol. The van der Waals surface area contributed by atoms with Crippen LogP contribution < -0.4 is 0 Å². The lowest BCUT2D eigenvalue weighted by molar-refractivity contribution is -0.137. The number of rotatable bonds is 2. The van der Waals surface area contributed by atoms with Gasteiger partial charge in [0.1, 0.15) is 6.29 Å². The fourth-order valence-electron chi connectivity index (χ4n) is 1.33. The largest absolute Gasteiger partial charge is 0.333 e. The van der Waals surface area contributed by atoms with Gasteiger partial charge < -0.3 is 9.69 Å². The average molecular weight is 155 g/mol. The molecule has 3 heteroatoms. The van der Waals surface area contributed by atoms with E-state index in [0.29, 0.717) is 6.42 Å². The molecule has 3 nitrogen and oxygen atoms in total. The van der Waals surface area contributed by atoms with Gasteiger partial charge in [0.25, 0.3) is 0 Å². The second-order valence-electron chi connectivity index (χ2n) is 2.92. The van der Waals surface area contributed by atoms with Crippen LogP contribution in [0.15, 0.2) is 0 Å². The number of amides is 1. The number of carbonyl (C=O) groups excluding carboxylic acids is 2. The Morgan fingerprint density at radius 3 is 2.82 bits per heavy atom. The topological polar surface area (TPSA) is 37.4 Å². The number of hydrogen-bond acceptors (Lipinski definition) is 2. The number of hydrogen-bond donors (Lipinski definition) is 0. The zero-order chi connectivity index (χ0) is 8.27. The Bertz CT molecular complexity index is 167. The molecular formula is C8H13NO2. The summed E-state index contributed by atoms with van der Waals surface area (Å²) in [6.07, 6.45) is 3.44. The normalized spacial score (nSPS) is 21.5. The second kappa shape index (κ2) is 3.51. The van der Waals surface area contributed by atoms with Gasteiger partial charge >= 0.3 is 0 Å². The van der Waals surface area contributed by atoms with Crippen molar-refractivity contribution in [1.29, 1.82) is 0 Å². The molecule has 11 heavy (non-hydrogen) atoms. The quantitative estimate of drug-likeness (QED) is 0.547. The zero-order valence-electron chi connectivity index (χ0n) is 6.75. The minimum atomic E-state index is -0.234. The van der Waals surface area contributed by atoms with Crippen LogP contribution in [0.4, 0.5) is 0 Å². The molecule has 0 radical (unpaired) electrons. The van der Waals surface area contributed by atoms with Crippen molar-refractivity contribution in [3.8, 4) is 0 Å². The van der Waals surface area contributed by atoms with E-state index in [9.17, 15) is 9.59 Å². The molecule has 1 rings (SSSR count). The summed E-state index contributed by atoms with van der Waals surface area (Å²) >= 11 is 0. The minimum Gasteiger partial charge on any atom is -0.333 e. The lowest BCUT2D eigenvalue weighted by atomic mass is 10.1. The van der Waals surface area contributed by atoms with Crippen LogP contribution in [-0.4, -0.2) is 29.7 Å². The number of carbonyl (C=O) groups is 2. The highest BCUT2D eigenvalue weighted by Gasteiger charge is 2.21. The monoisotopic (exact) mass is 155 g/mol. The van der Waals surface area contributed by atoms with E-state index in [2.05, 4.69) is 0 Å². The van der Waals surface area contributed by atoms with Gasteiger partial charge in [-0.25, -0.2) is 0 Å². The van der Waals surface area contributed by atoms with E-state index in [-0.39, 0.29) is 11.9 Å². The third-order valence-corrected chi connectivity index (χ3v) is 2.05. The Balaban J connectivity index is 2.53. The van der Waals surface area contributed by atoms with Crippen molar-refractivity contribution in [2.24, 2.45) is 0 Å². The molecule has 0 bridgehead atoms. The molecule has 0 N–H and O–H groups in total. The lowest BCUT2D eigenvalue weighted by Crippen LogP contribution is -2.42. The first-order chi connectivity index (χ1) is 5.25. The number of likely N-dealkylation sites (tertiary alicyclic amines) is 1. The van der Waals surface area contributed by atoms with Crippen molar-refractivity contribution in [2.75, 3.05) is 6.54 Å². The molecule has 0 aromatic heterocycles. The van der Waals surface area contributed by atoms with Gasteiger partial charge in [-0.1, -0.05) is 0 Å². The molecule has 1 atom stereocenters. The van der Waals surface area contributed by atoms with E-state index in [0.717, 1.165) is 25.7 Å². The van der Waals surface area contributed by atoms with Crippen molar-refractivity contribution < 1.29 is 9.59 Å². The molecule has 0 aliphatic carbocycles. The standard InChI is InChI=1S/C8H13NO2/c1-7(6-10)9-5-3-2-4-8(9)11/h6-7H,2-5H2,1H3. The van der Waals surface area contributed by atoms with Crippen LogP contribution in [0.25, 0.3) is 0 Å². The molecule has 1 fully saturated rings. The molecule has 1 aliphatic rings. The summed E-state index contributed by atoms with van der Waals surface area (Å²) in [6.45, 7) is 2.51. The maximum atomic E-state index is 11.2. The van der Waals surface area contributed by atoms with E-state index in [1.54, 1.807) is 11.8 Å². The molecule has 1 heterocycles. The smallest absolute Gasteiger partial charge is 0.223 e. The number of piperidine rings is 1. The van der Waals surface area contributed by atoms with Crippen molar-refractivity contribution in [2.45, 2.75) is 32.2 Å². The summed E-state index contributed by atoms with van der Waals surface area (Å²) in [4.78, 5) is 23.2. The lowest BCUT2D eigenvalue weighted by Gasteiger charge is -2.29. The van der Waals surface area contributed by atoms with E-state index in [1.807, 2.05) is 0 Å². The number of nitrogens with zero attached hydrogens (tertiary/aromatic N) is 1. The molecule has 62 valence electrons. The van der Waals surface area contributed by atoms with Crippen LogP contribution in [0.1, 0.15) is 26.2 Å². The Labute approximate surface area is 66.4 Å². The minimum absolute atomic E-state index is 0.121. The van der Waals surface area contributed by atoms with Gasteiger partial charge in [-0.3, -0.25) is 4.79 Å². The molecule has 1 amide bonds. The van der Waals surface area contributed by atoms with Gasteiger partial charge in [-0.05, 0) is 19.8 Å².